The van der Waals surface area contributed by atoms with Crippen molar-refractivity contribution in [2.75, 3.05) is 5.43 Å². The summed E-state index contributed by atoms with van der Waals surface area (Å²) in [5, 5.41) is 15.8. The SMILES string of the molecule is O=[N+]([O-])c1ccc(COc2c(I)cc(/C=N\Nc3nc4ccccc4s3)cc2I)cc1. The molecule has 10 heteroatoms. The van der Waals surface area contributed by atoms with Crippen LogP contribution in [0.5, 0.6) is 5.75 Å². The lowest BCUT2D eigenvalue weighted by Gasteiger charge is -2.11. The highest BCUT2D eigenvalue weighted by Crippen LogP contribution is 2.30. The van der Waals surface area contributed by atoms with E-state index in [0.717, 1.165) is 39.4 Å². The van der Waals surface area contributed by atoms with E-state index >= 15 is 0 Å². The van der Waals surface area contributed by atoms with Gasteiger partial charge in [0.25, 0.3) is 5.69 Å². The van der Waals surface area contributed by atoms with Gasteiger partial charge in [-0.1, -0.05) is 23.5 Å². The van der Waals surface area contributed by atoms with Crippen LogP contribution in [0.4, 0.5) is 10.8 Å². The molecule has 0 bridgehead atoms. The molecule has 0 saturated heterocycles. The van der Waals surface area contributed by atoms with Crippen LogP contribution in [0.2, 0.25) is 0 Å². The van der Waals surface area contributed by atoms with Crippen molar-refractivity contribution in [3.05, 3.63) is 89.0 Å². The Kier molecular flexibility index (Phi) is 6.97. The minimum Gasteiger partial charge on any atom is -0.487 e. The van der Waals surface area contributed by atoms with Gasteiger partial charge in [0.05, 0.1) is 28.5 Å². The first-order valence-electron chi connectivity index (χ1n) is 8.99. The molecule has 0 saturated carbocycles. The summed E-state index contributed by atoms with van der Waals surface area (Å²) < 4.78 is 8.98. The van der Waals surface area contributed by atoms with Crippen molar-refractivity contribution in [3.8, 4) is 5.75 Å². The second-order valence-corrected chi connectivity index (χ2v) is 9.74. The second kappa shape index (κ2) is 9.87. The van der Waals surface area contributed by atoms with Gasteiger partial charge in [0.2, 0.25) is 5.13 Å². The highest BCUT2D eigenvalue weighted by molar-refractivity contribution is 14.1. The third-order valence-electron chi connectivity index (χ3n) is 4.22. The lowest BCUT2D eigenvalue weighted by atomic mass is 10.2. The Morgan fingerprint density at radius 2 is 1.84 bits per heavy atom. The zero-order valence-electron chi connectivity index (χ0n) is 15.8. The van der Waals surface area contributed by atoms with Gasteiger partial charge in [-0.05, 0) is 92.7 Å². The Labute approximate surface area is 209 Å². The molecule has 0 fully saturated rings. The number of thiazole rings is 1. The minimum absolute atomic E-state index is 0.0657. The standard InChI is InChI=1S/C21H14I2N4O3S/c22-16-9-14(11-24-26-21-25-18-3-1-2-4-19(18)31-21)10-17(23)20(16)30-12-13-5-7-15(8-6-13)27(28)29/h1-11H,12H2,(H,25,26)/b24-11-. The van der Waals surface area contributed by atoms with Gasteiger partial charge in [0, 0.05) is 12.1 Å². The van der Waals surface area contributed by atoms with Crippen molar-refractivity contribution in [2.24, 2.45) is 5.10 Å². The molecule has 0 unspecified atom stereocenters. The zero-order chi connectivity index (χ0) is 21.8. The fourth-order valence-electron chi connectivity index (χ4n) is 2.74. The summed E-state index contributed by atoms with van der Waals surface area (Å²) in [5.41, 5.74) is 5.80. The van der Waals surface area contributed by atoms with E-state index < -0.39 is 4.92 Å². The lowest BCUT2D eigenvalue weighted by molar-refractivity contribution is -0.384. The number of nitrogens with zero attached hydrogens (tertiary/aromatic N) is 3. The summed E-state index contributed by atoms with van der Waals surface area (Å²) in [7, 11) is 0. The van der Waals surface area contributed by atoms with Gasteiger partial charge in [-0.3, -0.25) is 15.5 Å². The molecule has 1 heterocycles. The van der Waals surface area contributed by atoms with Crippen molar-refractivity contribution in [1.82, 2.24) is 4.98 Å². The zero-order valence-corrected chi connectivity index (χ0v) is 20.9. The molecule has 0 spiro atoms. The summed E-state index contributed by atoms with van der Waals surface area (Å²) >= 11 is 6.01. The van der Waals surface area contributed by atoms with Crippen molar-refractivity contribution >= 4 is 83.8 Å². The average molecular weight is 656 g/mol. The third kappa shape index (κ3) is 5.49. The van der Waals surface area contributed by atoms with E-state index in [9.17, 15) is 10.1 Å². The number of halogens is 2. The number of nitro groups is 1. The Morgan fingerprint density at radius 1 is 1.13 bits per heavy atom. The van der Waals surface area contributed by atoms with E-state index in [4.69, 9.17) is 4.74 Å². The number of non-ortho nitro benzene ring substituents is 1. The Balaban J connectivity index is 1.41. The van der Waals surface area contributed by atoms with E-state index in [1.165, 1.54) is 12.1 Å². The number of aromatic nitrogens is 1. The predicted molar refractivity (Wildman–Crippen MR) is 140 cm³/mol. The number of fused-ring (bicyclic) bond motifs is 1. The number of ether oxygens (including phenoxy) is 1. The van der Waals surface area contributed by atoms with Gasteiger partial charge < -0.3 is 4.74 Å². The maximum Gasteiger partial charge on any atom is 0.269 e. The van der Waals surface area contributed by atoms with Crippen molar-refractivity contribution in [3.63, 3.8) is 0 Å². The van der Waals surface area contributed by atoms with E-state index in [1.54, 1.807) is 29.7 Å². The Morgan fingerprint density at radius 3 is 2.52 bits per heavy atom. The summed E-state index contributed by atoms with van der Waals surface area (Å²) in [6.07, 6.45) is 1.75. The summed E-state index contributed by atoms with van der Waals surface area (Å²) in [6.45, 7) is 0.330. The van der Waals surface area contributed by atoms with Crippen LogP contribution in [0.15, 0.2) is 65.8 Å². The van der Waals surface area contributed by atoms with E-state index in [-0.39, 0.29) is 5.69 Å². The molecular weight excluding hydrogens is 642 g/mol. The Bertz CT molecular complexity index is 1220. The number of anilines is 1. The summed E-state index contributed by atoms with van der Waals surface area (Å²) in [6, 6.07) is 18.3. The van der Waals surface area contributed by atoms with E-state index in [0.29, 0.717) is 6.61 Å². The molecular formula is C21H14I2N4O3S. The van der Waals surface area contributed by atoms with E-state index in [1.807, 2.05) is 36.4 Å². The highest BCUT2D eigenvalue weighted by atomic mass is 127. The van der Waals surface area contributed by atoms with Gasteiger partial charge in [0.1, 0.15) is 12.4 Å². The first-order valence-corrected chi connectivity index (χ1v) is 12.0. The topological polar surface area (TPSA) is 89.7 Å². The van der Waals surface area contributed by atoms with Crippen LogP contribution in [-0.4, -0.2) is 16.1 Å². The fourth-order valence-corrected chi connectivity index (χ4v) is 5.69. The van der Waals surface area contributed by atoms with Gasteiger partial charge in [-0.25, -0.2) is 4.98 Å². The Hall–Kier alpha value is -2.32. The molecule has 0 amide bonds. The highest BCUT2D eigenvalue weighted by Gasteiger charge is 2.10. The molecule has 4 rings (SSSR count). The molecule has 0 aliphatic rings. The molecule has 156 valence electrons. The van der Waals surface area contributed by atoms with E-state index in [2.05, 4.69) is 60.7 Å². The molecule has 0 aliphatic heterocycles. The molecule has 1 aromatic heterocycles. The monoisotopic (exact) mass is 656 g/mol. The minimum atomic E-state index is -0.414. The van der Waals surface area contributed by atoms with Crippen LogP contribution in [-0.2, 0) is 6.61 Å². The number of benzene rings is 3. The molecule has 31 heavy (non-hydrogen) atoms. The van der Waals surface area contributed by atoms with Crippen molar-refractivity contribution in [2.45, 2.75) is 6.61 Å². The van der Waals surface area contributed by atoms with Crippen LogP contribution in [0, 0.1) is 17.3 Å². The number of hydrogen-bond donors (Lipinski definition) is 1. The molecule has 4 aromatic rings. The molecule has 7 nitrogen and oxygen atoms in total. The first-order chi connectivity index (χ1) is 15.0. The number of para-hydroxylation sites is 1. The summed E-state index contributed by atoms with van der Waals surface area (Å²) in [4.78, 5) is 14.8. The number of nitrogens with one attached hydrogen (secondary N) is 1. The lowest BCUT2D eigenvalue weighted by Crippen LogP contribution is -2.01. The predicted octanol–water partition coefficient (Wildman–Crippen LogP) is 6.44. The summed E-state index contributed by atoms with van der Waals surface area (Å²) in [5.74, 6) is 0.774. The number of hydrazone groups is 1. The molecule has 0 radical (unpaired) electrons. The maximum absolute atomic E-state index is 10.8. The van der Waals surface area contributed by atoms with Crippen LogP contribution in [0.25, 0.3) is 10.2 Å². The average Bonchev–Trinajstić information content (AvgIpc) is 3.16. The van der Waals surface area contributed by atoms with Crippen LogP contribution < -0.4 is 10.2 Å². The second-order valence-electron chi connectivity index (χ2n) is 6.38. The quantitative estimate of drug-likeness (QED) is 0.107. The normalized spacial score (nSPS) is 11.2. The molecule has 1 N–H and O–H groups in total. The fraction of sp³-hybridized carbons (Fsp3) is 0.0476. The number of rotatable bonds is 7. The van der Waals surface area contributed by atoms with Gasteiger partial charge in [-0.15, -0.1) is 0 Å². The van der Waals surface area contributed by atoms with Crippen molar-refractivity contribution < 1.29 is 9.66 Å². The smallest absolute Gasteiger partial charge is 0.269 e. The number of hydrogen-bond acceptors (Lipinski definition) is 7. The first kappa shape index (κ1) is 21.9. The number of nitro benzene ring substituents is 1. The van der Waals surface area contributed by atoms with Crippen molar-refractivity contribution in [1.29, 1.82) is 0 Å². The van der Waals surface area contributed by atoms with Gasteiger partial charge >= 0.3 is 0 Å². The van der Waals surface area contributed by atoms with Crippen LogP contribution in [0.3, 0.4) is 0 Å². The van der Waals surface area contributed by atoms with Gasteiger partial charge in [0.15, 0.2) is 0 Å². The third-order valence-corrected chi connectivity index (χ3v) is 6.76. The molecule has 0 aliphatic carbocycles. The van der Waals surface area contributed by atoms with Gasteiger partial charge in [-0.2, -0.15) is 5.10 Å². The largest absolute Gasteiger partial charge is 0.487 e. The maximum atomic E-state index is 10.8. The van der Waals surface area contributed by atoms with Crippen LogP contribution in [0.1, 0.15) is 11.1 Å². The molecule has 0 atom stereocenters. The molecule has 3 aromatic carbocycles. The van der Waals surface area contributed by atoms with Crippen LogP contribution >= 0.6 is 56.5 Å².